The smallest absolute Gasteiger partial charge is 0.243 e. The number of aromatic nitrogens is 4. The van der Waals surface area contributed by atoms with E-state index in [0.29, 0.717) is 31.8 Å². The quantitative estimate of drug-likeness (QED) is 0.0501. The van der Waals surface area contributed by atoms with Gasteiger partial charge in [0.2, 0.25) is 23.7 Å². The van der Waals surface area contributed by atoms with E-state index in [4.69, 9.17) is 10.1 Å². The van der Waals surface area contributed by atoms with E-state index in [9.17, 15) is 14.4 Å². The highest BCUT2D eigenvalue weighted by molar-refractivity contribution is 6.00. The second-order valence-corrected chi connectivity index (χ2v) is 17.1. The number of nitrogens with one attached hydrogen (secondary N) is 4. The lowest BCUT2D eigenvalue weighted by Gasteiger charge is -2.29. The largest absolute Gasteiger partial charge is 0.385 e. The molecule has 5 heterocycles. The van der Waals surface area contributed by atoms with Gasteiger partial charge in [-0.25, -0.2) is 9.67 Å². The summed E-state index contributed by atoms with van der Waals surface area (Å²) in [7, 11) is 1.89. The lowest BCUT2D eigenvalue weighted by molar-refractivity contribution is -0.137. The van der Waals surface area contributed by atoms with Crippen LogP contribution in [0.2, 0.25) is 0 Å². The number of hydrogen-bond acceptors (Lipinski definition) is 10. The van der Waals surface area contributed by atoms with Crippen LogP contribution in [0.25, 0.3) is 11.0 Å². The van der Waals surface area contributed by atoms with E-state index < -0.39 is 0 Å². The first-order valence-electron chi connectivity index (χ1n) is 22.3. The van der Waals surface area contributed by atoms with Crippen LogP contribution in [0.15, 0.2) is 60.8 Å². The second kappa shape index (κ2) is 19.3. The molecule has 2 aromatic heterocycles. The van der Waals surface area contributed by atoms with E-state index in [-0.39, 0.29) is 23.8 Å². The number of anilines is 5. The zero-order valence-electron chi connectivity index (χ0n) is 36.0. The SMILES string of the molecule is Cc1cccc(C)c1Nc1nn(C)c2nc(Nc3ccc4c(c3)CN(C(=O)CCCCCCCCCCCNc3cccc5c3CN(C3CCC(=O)NC3=O)C5)CC4)ncc12. The molecule has 1 saturated heterocycles. The van der Waals surface area contributed by atoms with Gasteiger partial charge in [0.15, 0.2) is 11.5 Å². The zero-order valence-corrected chi connectivity index (χ0v) is 36.0. The van der Waals surface area contributed by atoms with Crippen molar-refractivity contribution in [2.75, 3.05) is 29.0 Å². The Morgan fingerprint density at radius 3 is 2.36 bits per heavy atom. The van der Waals surface area contributed by atoms with Crippen molar-refractivity contribution in [2.45, 2.75) is 123 Å². The molecule has 13 nitrogen and oxygen atoms in total. The Kier molecular flexibility index (Phi) is 13.2. The summed E-state index contributed by atoms with van der Waals surface area (Å²) in [4.78, 5) is 50.9. The van der Waals surface area contributed by atoms with Crippen LogP contribution >= 0.6 is 0 Å². The van der Waals surface area contributed by atoms with Crippen molar-refractivity contribution in [2.24, 2.45) is 7.05 Å². The maximum Gasteiger partial charge on any atom is 0.243 e. The molecule has 3 aliphatic rings. The minimum Gasteiger partial charge on any atom is -0.385 e. The first kappa shape index (κ1) is 41.9. The molecule has 0 bridgehead atoms. The van der Waals surface area contributed by atoms with E-state index in [1.54, 1.807) is 4.68 Å². The number of aryl methyl sites for hydroxylation is 3. The fourth-order valence-corrected chi connectivity index (χ4v) is 9.18. The summed E-state index contributed by atoms with van der Waals surface area (Å²) in [6.07, 6.45) is 14.8. The second-order valence-electron chi connectivity index (χ2n) is 17.1. The fraction of sp³-hybridized carbons (Fsp3) is 0.458. The molecule has 8 rings (SSSR count). The van der Waals surface area contributed by atoms with Crippen molar-refractivity contribution in [3.05, 3.63) is 94.2 Å². The average molecular weight is 825 g/mol. The van der Waals surface area contributed by atoms with Crippen LogP contribution in [0.1, 0.15) is 110 Å². The number of piperidine rings is 1. The van der Waals surface area contributed by atoms with E-state index in [2.05, 4.69) is 99.6 Å². The highest BCUT2D eigenvalue weighted by Gasteiger charge is 2.35. The summed E-state index contributed by atoms with van der Waals surface area (Å²) in [6.45, 7) is 8.00. The molecule has 61 heavy (non-hydrogen) atoms. The molecule has 1 atom stereocenters. The fourth-order valence-electron chi connectivity index (χ4n) is 9.18. The molecule has 320 valence electrons. The molecular formula is C48H60N10O3. The Labute approximate surface area is 359 Å². The van der Waals surface area contributed by atoms with Crippen LogP contribution in [-0.2, 0) is 47.5 Å². The van der Waals surface area contributed by atoms with Gasteiger partial charge in [-0.3, -0.25) is 24.6 Å². The Hall–Kier alpha value is -5.82. The Morgan fingerprint density at radius 2 is 1.57 bits per heavy atom. The third-order valence-electron chi connectivity index (χ3n) is 12.7. The van der Waals surface area contributed by atoms with Gasteiger partial charge in [0, 0.05) is 75.9 Å². The summed E-state index contributed by atoms with van der Waals surface area (Å²) in [5.41, 5.74) is 11.2. The summed E-state index contributed by atoms with van der Waals surface area (Å²) >= 11 is 0. The number of imide groups is 1. The van der Waals surface area contributed by atoms with Crippen LogP contribution in [-0.4, -0.2) is 66.4 Å². The topological polar surface area (TPSA) is 149 Å². The summed E-state index contributed by atoms with van der Waals surface area (Å²) in [5, 5.41) is 18.6. The number of carbonyl (C=O) groups excluding carboxylic acids is 3. The number of para-hydroxylation sites is 1. The van der Waals surface area contributed by atoms with Crippen LogP contribution < -0.4 is 21.3 Å². The van der Waals surface area contributed by atoms with Gasteiger partial charge in [-0.05, 0) is 91.1 Å². The number of unbranched alkanes of at least 4 members (excludes halogenated alkanes) is 8. The summed E-state index contributed by atoms with van der Waals surface area (Å²) in [6, 6.07) is 18.7. The Balaban J connectivity index is 0.701. The number of fused-ring (bicyclic) bond motifs is 3. The van der Waals surface area contributed by atoms with Crippen molar-refractivity contribution >= 4 is 57.6 Å². The van der Waals surface area contributed by atoms with E-state index in [0.717, 1.165) is 91.2 Å². The van der Waals surface area contributed by atoms with Gasteiger partial charge in [0.1, 0.15) is 0 Å². The highest BCUT2D eigenvalue weighted by Crippen LogP contribution is 2.33. The molecule has 3 aromatic carbocycles. The minimum atomic E-state index is -0.232. The van der Waals surface area contributed by atoms with Gasteiger partial charge in [0.25, 0.3) is 0 Å². The number of nitrogens with zero attached hydrogens (tertiary/aromatic N) is 6. The van der Waals surface area contributed by atoms with Crippen molar-refractivity contribution in [3.8, 4) is 0 Å². The Bertz CT molecular complexity index is 2370. The van der Waals surface area contributed by atoms with Gasteiger partial charge in [-0.2, -0.15) is 10.1 Å². The van der Waals surface area contributed by atoms with Gasteiger partial charge in [-0.1, -0.05) is 81.3 Å². The molecule has 1 fully saturated rings. The number of rotatable bonds is 18. The molecule has 5 aromatic rings. The average Bonchev–Trinajstić information content (AvgIpc) is 3.82. The number of benzene rings is 3. The predicted octanol–water partition coefficient (Wildman–Crippen LogP) is 8.49. The molecule has 0 saturated carbocycles. The summed E-state index contributed by atoms with van der Waals surface area (Å²) < 4.78 is 1.77. The standard InChI is InChI=1S/C48H60N10O3/c1-32-15-13-16-33(2)44(32)53-45-38-28-50-48(54-46(38)56(3)55-45)51-37-21-20-34-24-26-57(30-36(34)27-37)43(60)19-11-9-7-5-4-6-8-10-12-25-49-40-18-14-17-35-29-58(31-39(35)40)41-22-23-42(59)52-47(41)61/h13-18,20-21,27-28,41,49H,4-12,19,22-26,29-31H2,1-3H3,(H,53,55)(H,50,51,54)(H,52,59,61). The predicted molar refractivity (Wildman–Crippen MR) is 241 cm³/mol. The number of amides is 3. The van der Waals surface area contributed by atoms with Gasteiger partial charge < -0.3 is 20.9 Å². The lowest BCUT2D eigenvalue weighted by atomic mass is 9.98. The first-order chi connectivity index (χ1) is 29.7. The molecule has 0 radical (unpaired) electrons. The molecular weight excluding hydrogens is 765 g/mol. The maximum atomic E-state index is 13.2. The van der Waals surface area contributed by atoms with Crippen molar-refractivity contribution in [3.63, 3.8) is 0 Å². The van der Waals surface area contributed by atoms with Crippen molar-refractivity contribution in [1.29, 1.82) is 0 Å². The number of carbonyl (C=O) groups is 3. The first-order valence-corrected chi connectivity index (χ1v) is 22.3. The van der Waals surface area contributed by atoms with Crippen molar-refractivity contribution < 1.29 is 14.4 Å². The highest BCUT2D eigenvalue weighted by atomic mass is 16.2. The Morgan fingerprint density at radius 1 is 0.820 bits per heavy atom. The number of hydrogen-bond donors (Lipinski definition) is 4. The maximum absolute atomic E-state index is 13.2. The zero-order chi connectivity index (χ0) is 42.3. The van der Waals surface area contributed by atoms with Crippen molar-refractivity contribution in [1.82, 2.24) is 34.9 Å². The lowest BCUT2D eigenvalue weighted by Crippen LogP contribution is -2.50. The minimum absolute atomic E-state index is 0.164. The molecule has 0 aliphatic carbocycles. The van der Waals surface area contributed by atoms with Gasteiger partial charge >= 0.3 is 0 Å². The molecule has 4 N–H and O–H groups in total. The third kappa shape index (κ3) is 10.0. The molecule has 0 spiro atoms. The van der Waals surface area contributed by atoms with Crippen LogP contribution in [0.3, 0.4) is 0 Å². The van der Waals surface area contributed by atoms with Crippen LogP contribution in [0.5, 0.6) is 0 Å². The molecule has 3 aliphatic heterocycles. The van der Waals surface area contributed by atoms with Crippen LogP contribution in [0, 0.1) is 13.8 Å². The van der Waals surface area contributed by atoms with Gasteiger partial charge in [0.05, 0.1) is 11.4 Å². The molecule has 1 unspecified atom stereocenters. The van der Waals surface area contributed by atoms with E-state index in [1.807, 2.05) is 18.1 Å². The molecule has 13 heteroatoms. The molecule has 3 amide bonds. The summed E-state index contributed by atoms with van der Waals surface area (Å²) in [5.74, 6) is 1.15. The van der Waals surface area contributed by atoms with Crippen LogP contribution in [0.4, 0.5) is 28.8 Å². The van der Waals surface area contributed by atoms with Gasteiger partial charge in [-0.15, -0.1) is 0 Å². The monoisotopic (exact) mass is 824 g/mol. The third-order valence-corrected chi connectivity index (χ3v) is 12.7. The van der Waals surface area contributed by atoms with E-state index >= 15 is 0 Å². The normalized spacial score (nSPS) is 16.4. The van der Waals surface area contributed by atoms with E-state index in [1.165, 1.54) is 66.5 Å².